The second-order valence-corrected chi connectivity index (χ2v) is 4.75. The summed E-state index contributed by atoms with van der Waals surface area (Å²) in [6.45, 7) is 3.84. The van der Waals surface area contributed by atoms with Crippen LogP contribution < -0.4 is 15.9 Å². The molecule has 2 rings (SSSR count). The van der Waals surface area contributed by atoms with Crippen LogP contribution in [0.2, 0.25) is 0 Å². The minimum atomic E-state index is -0.728. The van der Waals surface area contributed by atoms with Crippen molar-refractivity contribution < 1.29 is 14.6 Å². The van der Waals surface area contributed by atoms with Gasteiger partial charge < -0.3 is 15.6 Å². The third-order valence-corrected chi connectivity index (χ3v) is 2.55. The van der Waals surface area contributed by atoms with Gasteiger partial charge in [0.1, 0.15) is 17.1 Å². The van der Waals surface area contributed by atoms with Crippen molar-refractivity contribution in [3.05, 3.63) is 23.8 Å². The van der Waals surface area contributed by atoms with Crippen LogP contribution in [0.15, 0.2) is 23.3 Å². The number of phenols is 1. The number of phenolic OH excluding ortho intramolecular Hbond substituents is 1. The maximum atomic E-state index is 10.7. The van der Waals surface area contributed by atoms with Crippen molar-refractivity contribution in [1.82, 2.24) is 5.43 Å². The quantitative estimate of drug-likeness (QED) is 0.655. The van der Waals surface area contributed by atoms with Crippen molar-refractivity contribution in [2.75, 3.05) is 0 Å². The lowest BCUT2D eigenvalue weighted by molar-refractivity contribution is 0.111. The number of hydrogen-bond acceptors (Lipinski definition) is 4. The Kier molecular flexibility index (Phi) is 2.86. The van der Waals surface area contributed by atoms with Crippen LogP contribution in [0, 0.1) is 0 Å². The lowest BCUT2D eigenvalue weighted by Gasteiger charge is -2.33. The van der Waals surface area contributed by atoms with Crippen LogP contribution in [0.25, 0.3) is 0 Å². The van der Waals surface area contributed by atoms with Crippen LogP contribution in [0.3, 0.4) is 0 Å². The van der Waals surface area contributed by atoms with Crippen molar-refractivity contribution in [2.24, 2.45) is 10.8 Å². The predicted octanol–water partition coefficient (Wildman–Crippen LogP) is 1.33. The van der Waals surface area contributed by atoms with Gasteiger partial charge in [0, 0.05) is 12.0 Å². The molecule has 1 aromatic carbocycles. The number of amides is 2. The molecule has 0 unspecified atom stereocenters. The lowest BCUT2D eigenvalue weighted by atomic mass is 9.92. The molecule has 0 aromatic heterocycles. The van der Waals surface area contributed by atoms with Gasteiger partial charge in [-0.05, 0) is 32.0 Å². The summed E-state index contributed by atoms with van der Waals surface area (Å²) in [5.41, 5.74) is 8.04. The Labute approximate surface area is 104 Å². The highest BCUT2D eigenvalue weighted by Gasteiger charge is 2.31. The average Bonchev–Trinajstić information content (AvgIpc) is 2.26. The van der Waals surface area contributed by atoms with Gasteiger partial charge in [0.05, 0.1) is 5.71 Å². The van der Waals surface area contributed by atoms with Gasteiger partial charge in [-0.1, -0.05) is 0 Å². The van der Waals surface area contributed by atoms with Gasteiger partial charge in [0.2, 0.25) is 0 Å². The number of hydrogen-bond donors (Lipinski definition) is 3. The zero-order valence-electron chi connectivity index (χ0n) is 10.2. The van der Waals surface area contributed by atoms with E-state index in [9.17, 15) is 9.90 Å². The highest BCUT2D eigenvalue weighted by Crippen LogP contribution is 2.35. The van der Waals surface area contributed by atoms with E-state index in [1.54, 1.807) is 18.2 Å². The standard InChI is InChI=1S/C12H15N3O3/c1-12(2)6-9(14-15-11(13)17)8-5-7(16)3-4-10(8)18-12/h3-5,16H,6H2,1-2H3,(H3,13,15,17)/b14-9+. The van der Waals surface area contributed by atoms with Crippen molar-refractivity contribution in [3.8, 4) is 11.5 Å². The fourth-order valence-electron chi connectivity index (χ4n) is 1.89. The molecular formula is C12H15N3O3. The number of hydrazone groups is 1. The molecule has 6 nitrogen and oxygen atoms in total. The number of primary amides is 1. The molecule has 0 aliphatic carbocycles. The number of carbonyl (C=O) groups is 1. The molecule has 0 spiro atoms. The highest BCUT2D eigenvalue weighted by molar-refractivity contribution is 6.05. The number of ether oxygens (including phenoxy) is 1. The second kappa shape index (κ2) is 4.21. The normalized spacial score (nSPS) is 18.9. The summed E-state index contributed by atoms with van der Waals surface area (Å²) in [5, 5.41) is 13.5. The SMILES string of the molecule is CC1(C)C/C(=N\NC(N)=O)c2cc(O)ccc2O1. The van der Waals surface area contributed by atoms with Crippen molar-refractivity contribution in [1.29, 1.82) is 0 Å². The minimum absolute atomic E-state index is 0.115. The Hall–Kier alpha value is -2.24. The van der Waals surface area contributed by atoms with Gasteiger partial charge in [-0.2, -0.15) is 5.10 Å². The molecule has 1 aromatic rings. The molecule has 2 amide bonds. The number of benzene rings is 1. The van der Waals surface area contributed by atoms with E-state index in [4.69, 9.17) is 10.5 Å². The molecule has 18 heavy (non-hydrogen) atoms. The maximum Gasteiger partial charge on any atom is 0.332 e. The predicted molar refractivity (Wildman–Crippen MR) is 66.7 cm³/mol. The minimum Gasteiger partial charge on any atom is -0.508 e. The van der Waals surface area contributed by atoms with Gasteiger partial charge >= 0.3 is 6.03 Å². The first-order valence-corrected chi connectivity index (χ1v) is 5.52. The fourth-order valence-corrected chi connectivity index (χ4v) is 1.89. The molecule has 1 aliphatic heterocycles. The Morgan fingerprint density at radius 3 is 2.94 bits per heavy atom. The molecule has 0 saturated carbocycles. The van der Waals surface area contributed by atoms with Crippen LogP contribution in [0.1, 0.15) is 25.8 Å². The van der Waals surface area contributed by atoms with Crippen LogP contribution >= 0.6 is 0 Å². The van der Waals surface area contributed by atoms with E-state index >= 15 is 0 Å². The first-order chi connectivity index (χ1) is 8.37. The largest absolute Gasteiger partial charge is 0.508 e. The van der Waals surface area contributed by atoms with Gasteiger partial charge in [-0.3, -0.25) is 0 Å². The molecule has 0 bridgehead atoms. The molecule has 0 radical (unpaired) electrons. The van der Waals surface area contributed by atoms with Crippen LogP contribution in [0.5, 0.6) is 11.5 Å². The number of carbonyl (C=O) groups excluding carboxylic acids is 1. The van der Waals surface area contributed by atoms with Gasteiger partial charge in [-0.25, -0.2) is 10.2 Å². The van der Waals surface area contributed by atoms with Gasteiger partial charge in [0.25, 0.3) is 0 Å². The summed E-state index contributed by atoms with van der Waals surface area (Å²) >= 11 is 0. The Balaban J connectivity index is 2.44. The molecule has 1 heterocycles. The van der Waals surface area contributed by atoms with Gasteiger partial charge in [-0.15, -0.1) is 0 Å². The third kappa shape index (κ3) is 2.53. The third-order valence-electron chi connectivity index (χ3n) is 2.55. The summed E-state index contributed by atoms with van der Waals surface area (Å²) in [5.74, 6) is 0.734. The van der Waals surface area contributed by atoms with E-state index in [0.717, 1.165) is 0 Å². The molecule has 0 fully saturated rings. The smallest absolute Gasteiger partial charge is 0.332 e. The average molecular weight is 249 g/mol. The van der Waals surface area contributed by atoms with E-state index in [0.29, 0.717) is 23.4 Å². The highest BCUT2D eigenvalue weighted by atomic mass is 16.5. The van der Waals surface area contributed by atoms with Crippen LogP contribution in [0.4, 0.5) is 4.79 Å². The Morgan fingerprint density at radius 2 is 2.28 bits per heavy atom. The van der Waals surface area contributed by atoms with E-state index in [1.165, 1.54) is 0 Å². The van der Waals surface area contributed by atoms with Crippen molar-refractivity contribution in [2.45, 2.75) is 25.9 Å². The number of urea groups is 1. The zero-order valence-corrected chi connectivity index (χ0v) is 10.2. The number of aromatic hydroxyl groups is 1. The fraction of sp³-hybridized carbons (Fsp3) is 0.333. The Bertz CT molecular complexity index is 523. The number of nitrogens with two attached hydrogens (primary N) is 1. The molecule has 96 valence electrons. The van der Waals surface area contributed by atoms with E-state index in [1.807, 2.05) is 13.8 Å². The van der Waals surface area contributed by atoms with E-state index < -0.39 is 11.6 Å². The first kappa shape index (κ1) is 12.2. The Morgan fingerprint density at radius 1 is 1.56 bits per heavy atom. The van der Waals surface area contributed by atoms with Crippen LogP contribution in [-0.4, -0.2) is 22.5 Å². The molecular weight excluding hydrogens is 234 g/mol. The van der Waals surface area contributed by atoms with Crippen molar-refractivity contribution in [3.63, 3.8) is 0 Å². The monoisotopic (exact) mass is 249 g/mol. The first-order valence-electron chi connectivity index (χ1n) is 5.52. The summed E-state index contributed by atoms with van der Waals surface area (Å²) < 4.78 is 5.78. The number of rotatable bonds is 1. The molecule has 0 saturated heterocycles. The van der Waals surface area contributed by atoms with Gasteiger partial charge in [0.15, 0.2) is 0 Å². The topological polar surface area (TPSA) is 96.9 Å². The molecule has 1 aliphatic rings. The number of nitrogens with zero attached hydrogens (tertiary/aromatic N) is 1. The van der Waals surface area contributed by atoms with E-state index in [-0.39, 0.29) is 5.75 Å². The number of fused-ring (bicyclic) bond motifs is 1. The lowest BCUT2D eigenvalue weighted by Crippen LogP contribution is -2.37. The number of nitrogens with one attached hydrogen (secondary N) is 1. The molecule has 4 N–H and O–H groups in total. The molecule has 6 heteroatoms. The second-order valence-electron chi connectivity index (χ2n) is 4.75. The van der Waals surface area contributed by atoms with Crippen molar-refractivity contribution >= 4 is 11.7 Å². The summed E-state index contributed by atoms with van der Waals surface area (Å²) in [7, 11) is 0. The summed E-state index contributed by atoms with van der Waals surface area (Å²) in [6.07, 6.45) is 0.504. The maximum absolute atomic E-state index is 10.7. The molecule has 0 atom stereocenters. The summed E-state index contributed by atoms with van der Waals surface area (Å²) in [4.78, 5) is 10.7. The summed E-state index contributed by atoms with van der Waals surface area (Å²) in [6, 6.07) is 4.03. The van der Waals surface area contributed by atoms with Crippen LogP contribution in [-0.2, 0) is 0 Å². The zero-order chi connectivity index (χ0) is 13.3. The van der Waals surface area contributed by atoms with E-state index in [2.05, 4.69) is 10.5 Å².